The molecule has 97 heavy (non-hydrogen) atoms. The number of ether oxygens (including phenoxy) is 4. The van der Waals surface area contributed by atoms with Crippen LogP contribution in [0.25, 0.3) is 0 Å². The van der Waals surface area contributed by atoms with Crippen LogP contribution >= 0.6 is 11.8 Å². The zero-order valence-electron chi connectivity index (χ0n) is 59.6. The second-order valence-corrected chi connectivity index (χ2v) is 38.2. The van der Waals surface area contributed by atoms with E-state index in [9.17, 15) is 64.3 Å². The third-order valence-electron chi connectivity index (χ3n) is 29.4. The van der Waals surface area contributed by atoms with Crippen molar-refractivity contribution in [2.24, 2.45) is 56.2 Å². The lowest BCUT2D eigenvalue weighted by Crippen LogP contribution is -2.59. The summed E-state index contributed by atoms with van der Waals surface area (Å²) in [7, 11) is 0. The van der Waals surface area contributed by atoms with E-state index in [0.717, 1.165) is 179 Å². The van der Waals surface area contributed by atoms with Crippen molar-refractivity contribution in [1.82, 2.24) is 0 Å². The highest BCUT2D eigenvalue weighted by Crippen LogP contribution is 2.80. The molecule has 0 aromatic rings. The van der Waals surface area contributed by atoms with Crippen LogP contribution in [-0.4, -0.2) is 116 Å². The number of unbranched alkanes of at least 4 members (excludes halogenated alkanes) is 12. The Balaban J connectivity index is 0.623. The molecule has 0 aromatic heterocycles. The minimum absolute atomic E-state index is 0.0266. The molecule has 8 saturated carbocycles. The molecule has 2 aliphatic heterocycles. The molecule has 2 saturated heterocycles. The summed E-state index contributed by atoms with van der Waals surface area (Å²) >= 11 is 1.03. The van der Waals surface area contributed by atoms with E-state index in [1.165, 1.54) is 22.3 Å². The van der Waals surface area contributed by atoms with Crippen molar-refractivity contribution in [3.63, 3.8) is 0 Å². The van der Waals surface area contributed by atoms with Gasteiger partial charge in [0.2, 0.25) is 0 Å². The van der Waals surface area contributed by atoms with E-state index < -0.39 is 94.4 Å². The van der Waals surface area contributed by atoms with Gasteiger partial charge in [0.15, 0.2) is 11.6 Å². The van der Waals surface area contributed by atoms with Crippen LogP contribution in [0.5, 0.6) is 0 Å². The number of allylic oxidation sites excluding steroid dienone is 2. The van der Waals surface area contributed by atoms with E-state index in [1.807, 2.05) is 0 Å². The third-order valence-corrected chi connectivity index (χ3v) is 31.2. The van der Waals surface area contributed by atoms with Crippen molar-refractivity contribution in [2.45, 2.75) is 380 Å². The highest BCUT2D eigenvalue weighted by atomic mass is 32.2. The van der Waals surface area contributed by atoms with Crippen LogP contribution in [0, 0.1) is 56.2 Å². The normalized spacial score (nSPS) is 39.2. The summed E-state index contributed by atoms with van der Waals surface area (Å²) in [6, 6.07) is 0. The second kappa shape index (κ2) is 27.0. The van der Waals surface area contributed by atoms with E-state index in [-0.39, 0.29) is 57.2 Å². The average molecular weight is 1410 g/mol. The molecular formula is C78H120F10O8S. The molecule has 10 fully saturated rings. The topological polar surface area (TPSA) is 118 Å². The number of aliphatic hydroxyl groups is 4. The van der Waals surface area contributed by atoms with E-state index in [1.54, 1.807) is 0 Å². The van der Waals surface area contributed by atoms with Gasteiger partial charge in [-0.05, 0) is 187 Å². The van der Waals surface area contributed by atoms with Gasteiger partial charge >= 0.3 is 24.2 Å². The van der Waals surface area contributed by atoms with Gasteiger partial charge in [0.25, 0.3) is 0 Å². The van der Waals surface area contributed by atoms with Gasteiger partial charge < -0.3 is 39.4 Å². The molecule has 10 atom stereocenters. The SMILES string of the molecule is CC1(C)COC2(CCC3=C4C(CCC3(O)C2)C23CCC(O)(CC2)[C@@]3(C)C[C@H]4CCCCCCCCCC(CCC(F)(F)C(F)(F)F)SC(CCCCCCCCC[C@H]2C[C@]3(C)C4(O)CCC3(CC4)C3CCC4(O)CC5(CCC4=C32)OCC(C)(C)CO5)CCC(F)(F)C(F)(F)F)OC1. The first-order valence-corrected chi connectivity index (χ1v) is 39.7. The predicted molar refractivity (Wildman–Crippen MR) is 357 cm³/mol. The monoisotopic (exact) mass is 1410 g/mol. The third kappa shape index (κ3) is 13.9. The van der Waals surface area contributed by atoms with Gasteiger partial charge in [-0.3, -0.25) is 0 Å². The summed E-state index contributed by atoms with van der Waals surface area (Å²) < 4.78 is 166. The van der Waals surface area contributed by atoms with Crippen LogP contribution in [0.3, 0.4) is 0 Å². The summed E-state index contributed by atoms with van der Waals surface area (Å²) in [6.07, 6.45) is 14.1. The Kier molecular flexibility index (Phi) is 21.0. The highest BCUT2D eigenvalue weighted by Gasteiger charge is 2.77. The molecule has 19 heteroatoms. The summed E-state index contributed by atoms with van der Waals surface area (Å²) in [5.74, 6) is -10.4. The van der Waals surface area contributed by atoms with Crippen LogP contribution in [0.1, 0.15) is 311 Å². The van der Waals surface area contributed by atoms with Gasteiger partial charge in [0, 0.05) is 70.7 Å². The first-order valence-electron chi connectivity index (χ1n) is 38.7. The molecule has 0 radical (unpaired) electrons. The van der Waals surface area contributed by atoms with E-state index in [0.29, 0.717) is 102 Å². The fourth-order valence-corrected chi connectivity index (χ4v) is 25.4. The fraction of sp³-hybridized carbons (Fsp3) is 0.949. The predicted octanol–water partition coefficient (Wildman–Crippen LogP) is 20.9. The van der Waals surface area contributed by atoms with Crippen LogP contribution < -0.4 is 0 Å². The van der Waals surface area contributed by atoms with Gasteiger partial charge in [0.1, 0.15) is 0 Å². The second-order valence-electron chi connectivity index (χ2n) is 36.6. The Morgan fingerprint density at radius 1 is 0.412 bits per heavy atom. The summed E-state index contributed by atoms with van der Waals surface area (Å²) in [4.78, 5) is 0. The number of hydrogen-bond acceptors (Lipinski definition) is 9. The Morgan fingerprint density at radius 3 is 1.06 bits per heavy atom. The van der Waals surface area contributed by atoms with Crippen molar-refractivity contribution in [3.05, 3.63) is 22.3 Å². The number of thioether (sulfide) groups is 1. The first kappa shape index (κ1) is 75.5. The van der Waals surface area contributed by atoms with E-state index in [2.05, 4.69) is 41.5 Å². The standard InChI is InChI=1S/C78H120F10O8S/c1-63(2)49-93-73(94-50-63)33-29-59-61-53(45-65(5)67(37-41-71(65,91)42-38-67)57(61)27-31-69(59,89)47-73)21-17-13-9-7-11-15-19-23-55(25-35-75(79,80)77(83,84)85)97-56(26-36-76(81,82)78(86,87)88)24-20-16-12-8-10-14-18-22-54-46-66(6)68(39-43-72(66,92)44-40-68)58-28-32-70(90)48-74(34-30-60(70)62(54)58)95-51-64(3,4)52-96-74/h53-58,89-92H,7-52H2,1-6H3/t53-,54+,55?,56?,57?,58?,65-,66-,67?,68?,69?,70?,71?,72?/m0/s1. The molecule has 8 nitrogen and oxygen atoms in total. The van der Waals surface area contributed by atoms with Gasteiger partial charge in [-0.1, -0.05) is 143 Å². The minimum Gasteiger partial charge on any atom is -0.389 e. The number of hydrogen-bond donors (Lipinski definition) is 4. The summed E-state index contributed by atoms with van der Waals surface area (Å²) in [5.41, 5.74) is 1.44. The molecule has 12 rings (SSSR count). The molecule has 0 amide bonds. The van der Waals surface area contributed by atoms with Crippen molar-refractivity contribution in [3.8, 4) is 0 Å². The molecule has 2 heterocycles. The Morgan fingerprint density at radius 2 is 0.732 bits per heavy atom. The molecule has 6 unspecified atom stereocenters. The average Bonchev–Trinajstić information content (AvgIpc) is 1.53. The largest absolute Gasteiger partial charge is 0.453 e. The van der Waals surface area contributed by atoms with Gasteiger partial charge in [-0.15, -0.1) is 0 Å². The van der Waals surface area contributed by atoms with Gasteiger partial charge in [0.05, 0.1) is 48.8 Å². The van der Waals surface area contributed by atoms with Gasteiger partial charge in [-0.2, -0.15) is 55.7 Å². The van der Waals surface area contributed by atoms with Crippen LogP contribution in [0.2, 0.25) is 0 Å². The number of alkyl halides is 10. The highest BCUT2D eigenvalue weighted by molar-refractivity contribution is 8.00. The number of fused-ring (bicyclic) bond motifs is 4. The molecule has 2 spiro atoms. The van der Waals surface area contributed by atoms with Gasteiger partial charge in [-0.25, -0.2) is 0 Å². The summed E-state index contributed by atoms with van der Waals surface area (Å²) in [5, 5.41) is 48.2. The fourth-order valence-electron chi connectivity index (χ4n) is 23.8. The lowest BCUT2D eigenvalue weighted by molar-refractivity contribution is -0.323. The molecule has 556 valence electrons. The zero-order valence-corrected chi connectivity index (χ0v) is 60.4. The molecule has 10 aliphatic carbocycles. The molecule has 0 aromatic carbocycles. The van der Waals surface area contributed by atoms with Crippen molar-refractivity contribution < 1.29 is 83.3 Å². The van der Waals surface area contributed by atoms with Crippen LogP contribution in [0.4, 0.5) is 43.9 Å². The maximum atomic E-state index is 14.6. The van der Waals surface area contributed by atoms with Crippen molar-refractivity contribution in [1.29, 1.82) is 0 Å². The maximum absolute atomic E-state index is 14.6. The molecule has 4 N–H and O–H groups in total. The Labute approximate surface area is 577 Å². The Hall–Kier alpha value is -1.19. The van der Waals surface area contributed by atoms with E-state index in [4.69, 9.17) is 18.9 Å². The quantitative estimate of drug-likeness (QED) is 0.0345. The Bertz CT molecular complexity index is 2630. The molecular weight excluding hydrogens is 1290 g/mol. The minimum atomic E-state index is -5.78. The first-order chi connectivity index (χ1) is 45.3. The van der Waals surface area contributed by atoms with Crippen LogP contribution in [0.15, 0.2) is 22.3 Å². The lowest BCUT2D eigenvalue weighted by Gasteiger charge is -2.61. The lowest BCUT2D eigenvalue weighted by atomic mass is 9.45. The van der Waals surface area contributed by atoms with E-state index >= 15 is 0 Å². The molecule has 12 aliphatic rings. The summed E-state index contributed by atoms with van der Waals surface area (Å²) in [6.45, 7) is 15.6. The maximum Gasteiger partial charge on any atom is 0.453 e. The van der Waals surface area contributed by atoms with Crippen molar-refractivity contribution >= 4 is 11.8 Å². The molecule has 4 bridgehead atoms. The zero-order chi connectivity index (χ0) is 69.8. The number of rotatable bonds is 28. The number of halogens is 10. The van der Waals surface area contributed by atoms with Crippen molar-refractivity contribution in [2.75, 3.05) is 26.4 Å². The smallest absolute Gasteiger partial charge is 0.389 e. The van der Waals surface area contributed by atoms with Crippen LogP contribution in [-0.2, 0) is 18.9 Å².